The molecule has 0 atom stereocenters. The summed E-state index contributed by atoms with van der Waals surface area (Å²) in [5.74, 6) is -3.15. The molecule has 6 heterocycles. The molecule has 0 radical (unpaired) electrons. The van der Waals surface area contributed by atoms with Crippen molar-refractivity contribution in [2.45, 2.75) is 128 Å². The Hall–Kier alpha value is -5.25. The fourth-order valence-corrected chi connectivity index (χ4v) is 7.17. The van der Waals surface area contributed by atoms with Crippen LogP contribution in [0.25, 0.3) is 11.9 Å². The number of rotatable bonds is 14. The summed E-state index contributed by atoms with van der Waals surface area (Å²) in [4.78, 5) is 42.7. The van der Waals surface area contributed by atoms with Crippen LogP contribution in [0.15, 0.2) is 36.7 Å². The van der Waals surface area contributed by atoms with Gasteiger partial charge in [0.1, 0.15) is 37.2 Å². The zero-order valence-corrected chi connectivity index (χ0v) is 36.6. The molecule has 1 amide bonds. The molecule has 64 heavy (non-hydrogen) atoms. The number of likely N-dealkylation sites (N-methyl/N-ethyl adjacent to an activating group) is 1. The molecule has 2 N–H and O–H groups in total. The van der Waals surface area contributed by atoms with Crippen molar-refractivity contribution in [3.05, 3.63) is 48.0 Å². The molecular weight excluding hydrogens is 874 g/mol. The third-order valence-electron chi connectivity index (χ3n) is 10.9. The molecule has 0 unspecified atom stereocenters. The van der Waals surface area contributed by atoms with Crippen molar-refractivity contribution in [3.63, 3.8) is 0 Å². The number of hydrogen-bond donors (Lipinski definition) is 2. The van der Waals surface area contributed by atoms with E-state index in [9.17, 15) is 35.9 Å². The predicted molar refractivity (Wildman–Crippen MR) is 224 cm³/mol. The molecule has 4 aliphatic rings. The summed E-state index contributed by atoms with van der Waals surface area (Å²) in [6.45, 7) is 4.67. The van der Waals surface area contributed by atoms with Crippen molar-refractivity contribution in [2.75, 3.05) is 43.9 Å². The van der Waals surface area contributed by atoms with Gasteiger partial charge in [0.05, 0.1) is 24.5 Å². The van der Waals surface area contributed by atoms with E-state index < -0.39 is 25.2 Å². The number of hydrogen-bond acceptors (Lipinski definition) is 13. The van der Waals surface area contributed by atoms with Crippen LogP contribution >= 0.6 is 11.6 Å². The van der Waals surface area contributed by atoms with Crippen LogP contribution in [0.1, 0.15) is 89.4 Å². The molecule has 23 heteroatoms. The molecule has 4 aromatic heterocycles. The number of likely N-dealkylation sites (tertiary alicyclic amines) is 2. The molecule has 2 saturated carbocycles. The number of carbonyl (C=O) groups excluding carboxylic acids is 2. The molecule has 0 aromatic carbocycles. The first-order valence-corrected chi connectivity index (χ1v) is 21.7. The first-order valence-electron chi connectivity index (χ1n) is 21.3. The largest absolute Gasteiger partial charge is 0.471 e. The molecular formula is C41H53ClF6N12O4. The lowest BCUT2D eigenvalue weighted by atomic mass is 9.92. The van der Waals surface area contributed by atoms with Crippen LogP contribution in [0.5, 0.6) is 11.8 Å². The van der Waals surface area contributed by atoms with Crippen LogP contribution in [-0.4, -0.2) is 130 Å². The number of anilines is 2. The smallest absolute Gasteiger partial charge is 0.255 e. The Kier molecular flexibility index (Phi) is 16.3. The second-order valence-corrected chi connectivity index (χ2v) is 16.6. The van der Waals surface area contributed by atoms with E-state index in [1.165, 1.54) is 15.4 Å². The molecule has 350 valence electrons. The average Bonchev–Trinajstić information content (AvgIpc) is 3.94. The zero-order chi connectivity index (χ0) is 46.0. The van der Waals surface area contributed by atoms with E-state index in [1.807, 2.05) is 14.0 Å². The minimum Gasteiger partial charge on any atom is -0.471 e. The van der Waals surface area contributed by atoms with Crippen molar-refractivity contribution in [2.24, 2.45) is 0 Å². The van der Waals surface area contributed by atoms with Crippen molar-refractivity contribution in [1.29, 1.82) is 0 Å². The molecule has 0 spiro atoms. The van der Waals surface area contributed by atoms with Crippen LogP contribution in [0.3, 0.4) is 0 Å². The van der Waals surface area contributed by atoms with Crippen LogP contribution in [0.4, 0.5) is 38.0 Å². The summed E-state index contributed by atoms with van der Waals surface area (Å²) in [6.07, 6.45) is 4.59. The lowest BCUT2D eigenvalue weighted by molar-refractivity contribution is -0.139. The van der Waals surface area contributed by atoms with Crippen molar-refractivity contribution < 1.29 is 45.4 Å². The maximum atomic E-state index is 13.5. The van der Waals surface area contributed by atoms with E-state index in [1.54, 1.807) is 42.4 Å². The van der Waals surface area contributed by atoms with Crippen LogP contribution < -0.4 is 20.1 Å². The highest BCUT2D eigenvalue weighted by Gasteiger charge is 2.37. The summed E-state index contributed by atoms with van der Waals surface area (Å²) >= 11 is 4.82. The van der Waals surface area contributed by atoms with Crippen LogP contribution in [-0.2, 0) is 22.9 Å². The Morgan fingerprint density at radius 3 is 1.45 bits per heavy atom. The standard InChI is InChI=1S/C20H25F3N6O2.C18H23F3N6O.C3H5ClO/c1-2-18(30)28-11-15(12-28)31-17-9-16(24-13-3-6-20(22,23)7-4-13)25-19(26-17)29-8-5-14(10-21)27-29;1-26-10-14(11-26)28-16-8-15(22-12-2-5-18(20,21)6-3-12)23-17(24-16)27-7-4-13(9-19)25-27;1-2-3(4)5/h5,8-9,13,15H,2-4,6-7,10-12H2,1H3,(H,24,25,26);4,7-8,12,14H,2-3,5-6,9-11H2,1H3,(H,22,23,24);2H2,1H3. The van der Waals surface area contributed by atoms with E-state index in [-0.39, 0.29) is 90.3 Å². The minimum atomic E-state index is -2.62. The highest BCUT2D eigenvalue weighted by Crippen LogP contribution is 2.36. The van der Waals surface area contributed by atoms with Gasteiger partial charge in [-0.2, -0.15) is 30.1 Å². The SMILES string of the molecule is CCC(=O)Cl.CCC(=O)N1CC(Oc2cc(NC3CCC(F)(F)CC3)nc(-n3ccc(CF)n3)n2)C1.CN1CC(Oc2cc(NC3CCC(F)(F)CC3)nc(-n3ccc(CF)n3)n2)C1. The molecule has 16 nitrogen and oxygen atoms in total. The fraction of sp³-hybridized carbons (Fsp3) is 0.610. The van der Waals surface area contributed by atoms with Crippen molar-refractivity contribution in [3.8, 4) is 23.7 Å². The summed E-state index contributed by atoms with van der Waals surface area (Å²) < 4.78 is 94.0. The highest BCUT2D eigenvalue weighted by molar-refractivity contribution is 6.63. The van der Waals surface area contributed by atoms with E-state index in [4.69, 9.17) is 21.1 Å². The van der Waals surface area contributed by atoms with E-state index in [0.717, 1.165) is 13.1 Å². The second-order valence-electron chi connectivity index (χ2n) is 16.2. The summed E-state index contributed by atoms with van der Waals surface area (Å²) in [5.41, 5.74) is 0.520. The first kappa shape index (κ1) is 48.2. The lowest BCUT2D eigenvalue weighted by Gasteiger charge is -2.38. The van der Waals surface area contributed by atoms with Gasteiger partial charge in [0, 0.05) is 88.2 Å². The maximum absolute atomic E-state index is 13.5. The Morgan fingerprint density at radius 2 is 1.11 bits per heavy atom. The Balaban J connectivity index is 0.000000193. The van der Waals surface area contributed by atoms with Gasteiger partial charge >= 0.3 is 0 Å². The number of nitrogens with one attached hydrogen (secondary N) is 2. The topological polar surface area (TPSA) is 170 Å². The van der Waals surface area contributed by atoms with Gasteiger partial charge in [-0.15, -0.1) is 0 Å². The number of aromatic nitrogens is 8. The van der Waals surface area contributed by atoms with Gasteiger partial charge in [0.2, 0.25) is 34.8 Å². The molecule has 4 aromatic rings. The molecule has 2 aliphatic carbocycles. The first-order chi connectivity index (χ1) is 30.5. The second kappa shape index (κ2) is 21.6. The Morgan fingerprint density at radius 1 is 0.703 bits per heavy atom. The third-order valence-corrected chi connectivity index (χ3v) is 11.1. The Labute approximate surface area is 371 Å². The summed E-state index contributed by atoms with van der Waals surface area (Å²) in [7, 11) is 2.00. The van der Waals surface area contributed by atoms with Crippen molar-refractivity contribution in [1.82, 2.24) is 49.3 Å². The third kappa shape index (κ3) is 13.9. The van der Waals surface area contributed by atoms with Crippen LogP contribution in [0, 0.1) is 0 Å². The maximum Gasteiger partial charge on any atom is 0.255 e. The zero-order valence-electron chi connectivity index (χ0n) is 35.8. The summed E-state index contributed by atoms with van der Waals surface area (Å²) in [6, 6.07) is 6.12. The van der Waals surface area contributed by atoms with Gasteiger partial charge in [0.25, 0.3) is 11.9 Å². The van der Waals surface area contributed by atoms with Gasteiger partial charge in [-0.3, -0.25) is 14.5 Å². The van der Waals surface area contributed by atoms with Gasteiger partial charge in [-0.1, -0.05) is 13.8 Å². The molecule has 0 bridgehead atoms. The van der Waals surface area contributed by atoms with Gasteiger partial charge in [-0.25, -0.2) is 35.7 Å². The lowest BCUT2D eigenvalue weighted by Crippen LogP contribution is -2.56. The van der Waals surface area contributed by atoms with E-state index in [2.05, 4.69) is 45.7 Å². The fourth-order valence-electron chi connectivity index (χ4n) is 7.17. The summed E-state index contributed by atoms with van der Waals surface area (Å²) in [5, 5.41) is 14.3. The number of ether oxygens (including phenoxy) is 2. The van der Waals surface area contributed by atoms with Crippen molar-refractivity contribution >= 4 is 34.4 Å². The quantitative estimate of drug-likeness (QED) is 0.0971. The van der Waals surface area contributed by atoms with E-state index >= 15 is 0 Å². The minimum absolute atomic E-state index is 0.0352. The van der Waals surface area contributed by atoms with Gasteiger partial charge < -0.3 is 25.0 Å². The molecule has 4 fully saturated rings. The number of carbonyl (C=O) groups is 2. The van der Waals surface area contributed by atoms with Gasteiger partial charge in [0.15, 0.2) is 0 Å². The van der Waals surface area contributed by atoms with Gasteiger partial charge in [-0.05, 0) is 56.5 Å². The van der Waals surface area contributed by atoms with E-state index in [0.29, 0.717) is 69.1 Å². The number of nitrogens with zero attached hydrogens (tertiary/aromatic N) is 10. The number of amides is 1. The number of alkyl halides is 6. The molecule has 2 saturated heterocycles. The normalized spacial score (nSPS) is 18.9. The van der Waals surface area contributed by atoms with Crippen LogP contribution in [0.2, 0.25) is 0 Å². The molecule has 8 rings (SSSR count). The predicted octanol–water partition coefficient (Wildman–Crippen LogP) is 7.10. The molecule has 2 aliphatic heterocycles. The number of halogens is 7. The monoisotopic (exact) mass is 926 g/mol. The average molecular weight is 927 g/mol. The Bertz CT molecular complexity index is 2150. The highest BCUT2D eigenvalue weighted by atomic mass is 35.5.